The Balaban J connectivity index is 0.000000320. The predicted molar refractivity (Wildman–Crippen MR) is 237 cm³/mol. The van der Waals surface area contributed by atoms with Gasteiger partial charge in [-0.15, -0.1) is 51.8 Å². The van der Waals surface area contributed by atoms with Crippen molar-refractivity contribution in [3.63, 3.8) is 0 Å². The zero-order valence-corrected chi connectivity index (χ0v) is 39.0. The number of carbonyl (C=O) groups excluding carboxylic acids is 1. The fraction of sp³-hybridized carbons (Fsp3) is 0.429. The predicted octanol–water partition coefficient (Wildman–Crippen LogP) is 15.3. The zero-order valence-electron chi connectivity index (χ0n) is 35.0. The number of fused-ring (bicyclic) bond motifs is 3. The number of thiophene rings is 2. The molecule has 295 valence electrons. The van der Waals surface area contributed by atoms with E-state index in [0.29, 0.717) is 5.92 Å². The molecule has 6 aromatic rings. The molecule has 0 spiro atoms. The van der Waals surface area contributed by atoms with Crippen LogP contribution in [0.5, 0.6) is 0 Å². The summed E-state index contributed by atoms with van der Waals surface area (Å²) in [4.78, 5) is 19.8. The second-order valence-corrected chi connectivity index (χ2v) is 19.1. The van der Waals surface area contributed by atoms with Crippen molar-refractivity contribution >= 4 is 59.4 Å². The maximum atomic E-state index is 12.2. The molecule has 0 aliphatic heterocycles. The largest absolute Gasteiger partial charge is 0.512 e. The number of benzene rings is 3. The summed E-state index contributed by atoms with van der Waals surface area (Å²) in [5.41, 5.74) is 5.68. The first-order valence-corrected chi connectivity index (χ1v) is 21.4. The Kier molecular flexibility index (Phi) is 14.6. The molecule has 0 aliphatic rings. The molecule has 0 saturated carbocycles. The third-order valence-corrected chi connectivity index (χ3v) is 14.3. The maximum absolute atomic E-state index is 12.2. The van der Waals surface area contributed by atoms with Crippen molar-refractivity contribution in [1.82, 2.24) is 4.98 Å². The Hall–Kier alpha value is -3.15. The summed E-state index contributed by atoms with van der Waals surface area (Å²) in [6.45, 7) is 25.8. The maximum Gasteiger partial charge on any atom is 0.164 e. The van der Waals surface area contributed by atoms with Gasteiger partial charge in [-0.2, -0.15) is 0 Å². The minimum absolute atomic E-state index is 0. The van der Waals surface area contributed by atoms with Gasteiger partial charge >= 0.3 is 0 Å². The number of ketones is 1. The van der Waals surface area contributed by atoms with Crippen molar-refractivity contribution in [3.8, 4) is 21.0 Å². The first kappa shape index (κ1) is 44.6. The van der Waals surface area contributed by atoms with Gasteiger partial charge in [0.1, 0.15) is 5.76 Å². The molecule has 0 unspecified atom stereocenters. The molecule has 3 heterocycles. The van der Waals surface area contributed by atoms with Crippen LogP contribution in [0, 0.1) is 29.7 Å². The molecule has 0 atom stereocenters. The summed E-state index contributed by atoms with van der Waals surface area (Å²) in [6, 6.07) is 26.1. The van der Waals surface area contributed by atoms with E-state index in [4.69, 9.17) is 4.98 Å². The van der Waals surface area contributed by atoms with E-state index in [0.717, 1.165) is 48.7 Å². The van der Waals surface area contributed by atoms with Crippen LogP contribution in [0.3, 0.4) is 0 Å². The van der Waals surface area contributed by atoms with Crippen LogP contribution in [0.15, 0.2) is 78.7 Å². The number of aromatic nitrogens is 1. The SMILES string of the molecule is CCC(C)(CC)C(=O)/C=C(\O)C(C)(CC)CC.Cc1c(-c2cc3c(-c4[c-]c5ccccc5c(C(C)(C)C)c4)nccc3s2)sc2ccc(CC(C)C)cc12.[Ir]. The first-order chi connectivity index (χ1) is 25.5. The van der Waals surface area contributed by atoms with Gasteiger partial charge in [0.25, 0.3) is 0 Å². The average Bonchev–Trinajstić information content (AvgIpc) is 3.73. The van der Waals surface area contributed by atoms with Gasteiger partial charge in [0, 0.05) is 68.1 Å². The molecule has 0 bridgehead atoms. The summed E-state index contributed by atoms with van der Waals surface area (Å²) in [5, 5.41) is 15.2. The number of rotatable bonds is 11. The van der Waals surface area contributed by atoms with Gasteiger partial charge in [0.05, 0.1) is 0 Å². The Bertz CT molecular complexity index is 2290. The zero-order chi connectivity index (χ0) is 39.6. The smallest absolute Gasteiger partial charge is 0.164 e. The molecule has 6 rings (SSSR count). The molecule has 1 N–H and O–H groups in total. The normalized spacial score (nSPS) is 12.6. The number of aryl methyl sites for hydroxylation is 1. The van der Waals surface area contributed by atoms with Crippen molar-refractivity contribution in [1.29, 1.82) is 0 Å². The van der Waals surface area contributed by atoms with Crippen molar-refractivity contribution in [3.05, 3.63) is 101 Å². The van der Waals surface area contributed by atoms with Crippen LogP contribution >= 0.6 is 22.7 Å². The van der Waals surface area contributed by atoms with E-state index in [1.54, 1.807) is 0 Å². The van der Waals surface area contributed by atoms with Crippen LogP contribution in [0.4, 0.5) is 0 Å². The van der Waals surface area contributed by atoms with Crippen LogP contribution in [-0.2, 0) is 36.7 Å². The minimum Gasteiger partial charge on any atom is -0.512 e. The number of aliphatic hydroxyl groups excluding tert-OH is 1. The van der Waals surface area contributed by atoms with Crippen molar-refractivity contribution in [2.24, 2.45) is 16.7 Å². The standard InChI is InChI=1S/C34H32NS2.C15H28O2.Ir/c1-20(2)15-22-11-12-29-26(16-22)21(3)33(37-29)31-19-27-30(36-31)13-14-35-32(27)24-17-23-9-7-8-10-25(23)28(18-24)34(4,5)6;1-7-14(5,8-2)12(16)11-13(17)15(6,9-3)10-4;/h7-14,16,18-20H,15H2,1-6H3;11,16H,7-10H2,1-6H3;/q-1;;/b;12-11-;. The number of aliphatic hydroxyl groups is 1. The summed E-state index contributed by atoms with van der Waals surface area (Å²) in [5.74, 6) is 0.948. The molecule has 3 aromatic carbocycles. The van der Waals surface area contributed by atoms with Crippen LogP contribution in [0.25, 0.3) is 52.0 Å². The first-order valence-electron chi connectivity index (χ1n) is 19.8. The van der Waals surface area contributed by atoms with Crippen LogP contribution in [0.1, 0.15) is 119 Å². The fourth-order valence-electron chi connectivity index (χ4n) is 7.05. The number of hydrogen-bond donors (Lipinski definition) is 1. The van der Waals surface area contributed by atoms with Gasteiger partial charge in [0.2, 0.25) is 0 Å². The topological polar surface area (TPSA) is 50.2 Å². The molecule has 6 heteroatoms. The van der Waals surface area contributed by atoms with Crippen LogP contribution in [0.2, 0.25) is 0 Å². The minimum atomic E-state index is -0.337. The Labute approximate surface area is 352 Å². The van der Waals surface area contributed by atoms with E-state index in [1.165, 1.54) is 58.1 Å². The summed E-state index contributed by atoms with van der Waals surface area (Å²) in [7, 11) is 0. The van der Waals surface area contributed by atoms with Gasteiger partial charge in [-0.25, -0.2) is 0 Å². The van der Waals surface area contributed by atoms with E-state index < -0.39 is 0 Å². The Morgan fingerprint density at radius 3 is 2.07 bits per heavy atom. The van der Waals surface area contributed by atoms with E-state index in [-0.39, 0.29) is 47.9 Å². The van der Waals surface area contributed by atoms with E-state index in [2.05, 4.69) is 108 Å². The van der Waals surface area contributed by atoms with Gasteiger partial charge < -0.3 is 5.11 Å². The summed E-state index contributed by atoms with van der Waals surface area (Å²) < 4.78 is 2.64. The molecule has 3 aromatic heterocycles. The van der Waals surface area contributed by atoms with Crippen molar-refractivity contribution < 1.29 is 30.0 Å². The monoisotopic (exact) mass is 951 g/mol. The molecule has 0 saturated heterocycles. The van der Waals surface area contributed by atoms with Crippen molar-refractivity contribution in [2.75, 3.05) is 0 Å². The van der Waals surface area contributed by atoms with Gasteiger partial charge in [-0.3, -0.25) is 9.78 Å². The van der Waals surface area contributed by atoms with Gasteiger partial charge in [0.15, 0.2) is 5.78 Å². The van der Waals surface area contributed by atoms with Gasteiger partial charge in [-0.05, 0) is 90.5 Å². The Morgan fingerprint density at radius 2 is 1.45 bits per heavy atom. The molecule has 55 heavy (non-hydrogen) atoms. The van der Waals surface area contributed by atoms with E-state index >= 15 is 0 Å². The quantitative estimate of drug-likeness (QED) is 0.0800. The number of allylic oxidation sites excluding steroid dienone is 2. The number of pyridine rings is 1. The molecular weight excluding hydrogens is 891 g/mol. The van der Waals surface area contributed by atoms with Crippen molar-refractivity contribution in [2.45, 2.75) is 121 Å². The van der Waals surface area contributed by atoms with Crippen LogP contribution < -0.4 is 0 Å². The molecule has 1 radical (unpaired) electrons. The second kappa shape index (κ2) is 18.0. The molecule has 0 aliphatic carbocycles. The Morgan fingerprint density at radius 1 is 0.818 bits per heavy atom. The fourth-order valence-corrected chi connectivity index (χ4v) is 9.46. The molecule has 0 amide bonds. The number of hydrogen-bond acceptors (Lipinski definition) is 5. The molecule has 0 fully saturated rings. The summed E-state index contributed by atoms with van der Waals surface area (Å²) >= 11 is 3.78. The third kappa shape index (κ3) is 9.53. The third-order valence-electron chi connectivity index (χ3n) is 11.8. The average molecular weight is 951 g/mol. The van der Waals surface area contributed by atoms with E-state index in [9.17, 15) is 9.90 Å². The number of nitrogens with zero attached hydrogens (tertiary/aromatic N) is 1. The molecule has 3 nitrogen and oxygen atoms in total. The molecular formula is C49H60IrNO2S2-. The number of carbonyl (C=O) groups is 1. The summed E-state index contributed by atoms with van der Waals surface area (Å²) in [6.07, 6.45) is 7.83. The second-order valence-electron chi connectivity index (χ2n) is 17.0. The van der Waals surface area contributed by atoms with Gasteiger partial charge in [-0.1, -0.05) is 117 Å². The van der Waals surface area contributed by atoms with E-state index in [1.807, 2.05) is 70.4 Å². The van der Waals surface area contributed by atoms with Crippen LogP contribution in [-0.4, -0.2) is 15.9 Å².